The van der Waals surface area contributed by atoms with Crippen LogP contribution in [-0.2, 0) is 0 Å². The SMILES string of the molecule is C[C@H](N)c1cc(F)ccc1Oc1cccc(N(C)C)c1. The summed E-state index contributed by atoms with van der Waals surface area (Å²) in [5, 5.41) is 0. The topological polar surface area (TPSA) is 38.5 Å². The standard InChI is InChI=1S/C16H19FN2O/c1-11(18)15-9-12(17)7-8-16(15)20-14-6-4-5-13(10-14)19(2)3/h4-11H,18H2,1-3H3/t11-/m0/s1. The van der Waals surface area contributed by atoms with Crippen molar-refractivity contribution in [3.05, 3.63) is 53.8 Å². The van der Waals surface area contributed by atoms with Crippen molar-refractivity contribution in [1.29, 1.82) is 0 Å². The second kappa shape index (κ2) is 5.92. The van der Waals surface area contributed by atoms with Crippen molar-refractivity contribution in [3.8, 4) is 11.5 Å². The van der Waals surface area contributed by atoms with Gasteiger partial charge in [0.1, 0.15) is 17.3 Å². The van der Waals surface area contributed by atoms with Gasteiger partial charge in [0.15, 0.2) is 0 Å². The van der Waals surface area contributed by atoms with Gasteiger partial charge in [0, 0.05) is 37.5 Å². The number of nitrogens with two attached hydrogens (primary N) is 1. The van der Waals surface area contributed by atoms with E-state index in [0.29, 0.717) is 17.1 Å². The molecule has 4 heteroatoms. The average Bonchev–Trinajstić information content (AvgIpc) is 2.41. The molecule has 0 aromatic heterocycles. The van der Waals surface area contributed by atoms with Gasteiger partial charge >= 0.3 is 0 Å². The highest BCUT2D eigenvalue weighted by Gasteiger charge is 2.11. The molecule has 0 aliphatic carbocycles. The van der Waals surface area contributed by atoms with E-state index in [2.05, 4.69) is 0 Å². The zero-order valence-corrected chi connectivity index (χ0v) is 11.9. The Hall–Kier alpha value is -2.07. The van der Waals surface area contributed by atoms with Crippen LogP contribution in [-0.4, -0.2) is 14.1 Å². The fraction of sp³-hybridized carbons (Fsp3) is 0.250. The predicted molar refractivity (Wildman–Crippen MR) is 79.8 cm³/mol. The molecule has 0 aliphatic rings. The van der Waals surface area contributed by atoms with Crippen LogP contribution in [0.25, 0.3) is 0 Å². The summed E-state index contributed by atoms with van der Waals surface area (Å²) in [7, 11) is 3.93. The molecule has 0 bridgehead atoms. The third-order valence-electron chi connectivity index (χ3n) is 3.02. The van der Waals surface area contributed by atoms with E-state index in [1.165, 1.54) is 12.1 Å². The van der Waals surface area contributed by atoms with Gasteiger partial charge in [-0.05, 0) is 37.3 Å². The number of hydrogen-bond acceptors (Lipinski definition) is 3. The molecular formula is C16H19FN2O. The molecule has 0 aliphatic heterocycles. The molecule has 0 spiro atoms. The maximum atomic E-state index is 13.3. The van der Waals surface area contributed by atoms with Crippen molar-refractivity contribution in [2.45, 2.75) is 13.0 Å². The molecule has 1 atom stereocenters. The number of anilines is 1. The summed E-state index contributed by atoms with van der Waals surface area (Å²) in [4.78, 5) is 1.99. The van der Waals surface area contributed by atoms with E-state index in [9.17, 15) is 4.39 Å². The number of rotatable bonds is 4. The van der Waals surface area contributed by atoms with Crippen molar-refractivity contribution in [1.82, 2.24) is 0 Å². The van der Waals surface area contributed by atoms with E-state index >= 15 is 0 Å². The first kappa shape index (κ1) is 14.3. The van der Waals surface area contributed by atoms with E-state index in [4.69, 9.17) is 10.5 Å². The first-order valence-electron chi connectivity index (χ1n) is 6.47. The lowest BCUT2D eigenvalue weighted by Gasteiger charge is -2.16. The second-order valence-corrected chi connectivity index (χ2v) is 4.96. The molecule has 20 heavy (non-hydrogen) atoms. The predicted octanol–water partition coefficient (Wildman–Crippen LogP) is 3.70. The molecule has 0 radical (unpaired) electrons. The van der Waals surface area contributed by atoms with E-state index in [0.717, 1.165) is 5.69 Å². The number of benzene rings is 2. The Bertz CT molecular complexity index is 597. The van der Waals surface area contributed by atoms with Crippen LogP contribution >= 0.6 is 0 Å². The van der Waals surface area contributed by atoms with Gasteiger partial charge in [0.2, 0.25) is 0 Å². The highest BCUT2D eigenvalue weighted by atomic mass is 19.1. The Morgan fingerprint density at radius 1 is 1.15 bits per heavy atom. The van der Waals surface area contributed by atoms with Crippen LogP contribution in [0.15, 0.2) is 42.5 Å². The van der Waals surface area contributed by atoms with Gasteiger partial charge in [0.05, 0.1) is 0 Å². The molecule has 0 unspecified atom stereocenters. The normalized spacial score (nSPS) is 12.1. The van der Waals surface area contributed by atoms with Crippen LogP contribution in [0.5, 0.6) is 11.5 Å². The lowest BCUT2D eigenvalue weighted by molar-refractivity contribution is 0.469. The van der Waals surface area contributed by atoms with E-state index < -0.39 is 0 Å². The molecule has 2 aromatic carbocycles. The third-order valence-corrected chi connectivity index (χ3v) is 3.02. The zero-order valence-electron chi connectivity index (χ0n) is 11.9. The van der Waals surface area contributed by atoms with Crippen LogP contribution in [0, 0.1) is 5.82 Å². The highest BCUT2D eigenvalue weighted by Crippen LogP contribution is 2.30. The Morgan fingerprint density at radius 2 is 1.90 bits per heavy atom. The van der Waals surface area contributed by atoms with Crippen molar-refractivity contribution < 1.29 is 9.13 Å². The summed E-state index contributed by atoms with van der Waals surface area (Å²) in [5.41, 5.74) is 7.55. The second-order valence-electron chi connectivity index (χ2n) is 4.96. The van der Waals surface area contributed by atoms with Gasteiger partial charge in [-0.15, -0.1) is 0 Å². The summed E-state index contributed by atoms with van der Waals surface area (Å²) in [6, 6.07) is 11.8. The minimum Gasteiger partial charge on any atom is -0.457 e. The summed E-state index contributed by atoms with van der Waals surface area (Å²) >= 11 is 0. The third kappa shape index (κ3) is 3.27. The molecule has 106 valence electrons. The monoisotopic (exact) mass is 274 g/mol. The van der Waals surface area contributed by atoms with Crippen LogP contribution < -0.4 is 15.4 Å². The lowest BCUT2D eigenvalue weighted by Crippen LogP contribution is -2.09. The van der Waals surface area contributed by atoms with Crippen molar-refractivity contribution in [3.63, 3.8) is 0 Å². The van der Waals surface area contributed by atoms with E-state index in [1.807, 2.05) is 43.3 Å². The largest absolute Gasteiger partial charge is 0.457 e. The molecule has 0 saturated heterocycles. The molecule has 2 aromatic rings. The van der Waals surface area contributed by atoms with Gasteiger partial charge in [-0.2, -0.15) is 0 Å². The molecule has 2 N–H and O–H groups in total. The highest BCUT2D eigenvalue weighted by molar-refractivity contribution is 5.51. The van der Waals surface area contributed by atoms with Crippen LogP contribution in [0.3, 0.4) is 0 Å². The Kier molecular flexibility index (Phi) is 4.25. The van der Waals surface area contributed by atoms with Crippen LogP contribution in [0.4, 0.5) is 10.1 Å². The summed E-state index contributed by atoms with van der Waals surface area (Å²) < 4.78 is 19.1. The maximum absolute atomic E-state index is 13.3. The number of halogens is 1. The molecule has 0 amide bonds. The molecule has 0 saturated carbocycles. The maximum Gasteiger partial charge on any atom is 0.132 e. The molecular weight excluding hydrogens is 255 g/mol. The van der Waals surface area contributed by atoms with Crippen molar-refractivity contribution in [2.24, 2.45) is 5.73 Å². The fourth-order valence-electron chi connectivity index (χ4n) is 1.92. The summed E-state index contributed by atoms with van der Waals surface area (Å²) in [6.45, 7) is 1.80. The van der Waals surface area contributed by atoms with Gasteiger partial charge in [-0.25, -0.2) is 4.39 Å². The quantitative estimate of drug-likeness (QED) is 0.923. The zero-order chi connectivity index (χ0) is 14.7. The average molecular weight is 274 g/mol. The minimum atomic E-state index is -0.313. The lowest BCUT2D eigenvalue weighted by atomic mass is 10.1. The Balaban J connectivity index is 2.32. The minimum absolute atomic E-state index is 0.294. The van der Waals surface area contributed by atoms with Crippen LogP contribution in [0.2, 0.25) is 0 Å². The number of ether oxygens (including phenoxy) is 1. The molecule has 3 nitrogen and oxygen atoms in total. The fourth-order valence-corrected chi connectivity index (χ4v) is 1.92. The Labute approximate surface area is 118 Å². The van der Waals surface area contributed by atoms with E-state index in [-0.39, 0.29) is 11.9 Å². The van der Waals surface area contributed by atoms with Crippen molar-refractivity contribution >= 4 is 5.69 Å². The summed E-state index contributed by atoms with van der Waals surface area (Å²) in [5.74, 6) is 0.966. The molecule has 0 fully saturated rings. The van der Waals surface area contributed by atoms with Gasteiger partial charge < -0.3 is 15.4 Å². The Morgan fingerprint density at radius 3 is 2.55 bits per heavy atom. The number of hydrogen-bond donors (Lipinski definition) is 1. The van der Waals surface area contributed by atoms with Gasteiger partial charge in [-0.3, -0.25) is 0 Å². The van der Waals surface area contributed by atoms with E-state index in [1.54, 1.807) is 13.0 Å². The first-order valence-corrected chi connectivity index (χ1v) is 6.47. The summed E-state index contributed by atoms with van der Waals surface area (Å²) in [6.07, 6.45) is 0. The molecule has 2 rings (SSSR count). The van der Waals surface area contributed by atoms with Gasteiger partial charge in [-0.1, -0.05) is 6.07 Å². The first-order chi connectivity index (χ1) is 9.47. The van der Waals surface area contributed by atoms with Gasteiger partial charge in [0.25, 0.3) is 0 Å². The van der Waals surface area contributed by atoms with Crippen molar-refractivity contribution in [2.75, 3.05) is 19.0 Å². The smallest absolute Gasteiger partial charge is 0.132 e. The molecule has 0 heterocycles. The van der Waals surface area contributed by atoms with Crippen LogP contribution in [0.1, 0.15) is 18.5 Å². The number of nitrogens with zero attached hydrogens (tertiary/aromatic N) is 1.